The number of nitrogens with zero attached hydrogens (tertiary/aromatic N) is 1. The van der Waals surface area contributed by atoms with Crippen LogP contribution in [0.25, 0.3) is 0 Å². The number of fused-ring (bicyclic) bond motifs is 1. The number of anilines is 1. The number of ether oxygens (including phenoxy) is 11. The predicted octanol–water partition coefficient (Wildman–Crippen LogP) is 7.56. The van der Waals surface area contributed by atoms with Crippen molar-refractivity contribution >= 4 is 41.2 Å². The first-order chi connectivity index (χ1) is 37.8. The van der Waals surface area contributed by atoms with Crippen molar-refractivity contribution in [2.45, 2.75) is 154 Å². The molecule has 440 valence electrons. The number of carbonyl (C=O) groups is 6. The van der Waals surface area contributed by atoms with Crippen LogP contribution in [0, 0.1) is 0 Å². The van der Waals surface area contributed by atoms with Crippen LogP contribution in [0.15, 0.2) is 18.2 Å². The Morgan fingerprint density at radius 2 is 0.870 bits per heavy atom. The summed E-state index contributed by atoms with van der Waals surface area (Å²) in [6.07, 6.45) is 22.5. The van der Waals surface area contributed by atoms with E-state index in [0.29, 0.717) is 145 Å². The van der Waals surface area contributed by atoms with Crippen LogP contribution in [0.1, 0.15) is 169 Å². The highest BCUT2D eigenvalue weighted by Gasteiger charge is 2.45. The van der Waals surface area contributed by atoms with Crippen LogP contribution in [-0.4, -0.2) is 185 Å². The summed E-state index contributed by atoms with van der Waals surface area (Å²) < 4.78 is 60.6. The second kappa shape index (κ2) is 46.9. The molecular weight excluding hydrogens is 999 g/mol. The van der Waals surface area contributed by atoms with E-state index in [1.165, 1.54) is 89.5 Å². The van der Waals surface area contributed by atoms with Crippen LogP contribution >= 0.6 is 0 Å². The number of imide groups is 2. The van der Waals surface area contributed by atoms with Gasteiger partial charge in [-0.2, -0.15) is 0 Å². The Balaban J connectivity index is 0.932. The maximum Gasteiger partial charge on any atom is 0.305 e. The zero-order chi connectivity index (χ0) is 55.1. The predicted molar refractivity (Wildman–Crippen MR) is 289 cm³/mol. The Labute approximate surface area is 458 Å². The summed E-state index contributed by atoms with van der Waals surface area (Å²) in [5.74, 6) is -2.87. The second-order valence-electron chi connectivity index (χ2n) is 19.1. The number of hydrogen-bond donors (Lipinski definition) is 2. The van der Waals surface area contributed by atoms with Gasteiger partial charge in [0.2, 0.25) is 17.7 Å². The number of esters is 1. The first-order valence-corrected chi connectivity index (χ1v) is 28.9. The van der Waals surface area contributed by atoms with Crippen LogP contribution in [0.5, 0.6) is 0 Å². The molecule has 0 radical (unpaired) electrons. The summed E-state index contributed by atoms with van der Waals surface area (Å²) in [7, 11) is 0. The van der Waals surface area contributed by atoms with Gasteiger partial charge in [0.1, 0.15) is 12.6 Å². The molecule has 1 aromatic rings. The van der Waals surface area contributed by atoms with E-state index in [4.69, 9.17) is 52.1 Å². The molecule has 20 nitrogen and oxygen atoms in total. The molecule has 1 atom stereocenters. The average Bonchev–Trinajstić information content (AvgIpc) is 3.76. The maximum atomic E-state index is 13.2. The molecule has 5 amide bonds. The van der Waals surface area contributed by atoms with Crippen LogP contribution in [-0.2, 0) is 71.3 Å². The molecule has 0 saturated carbocycles. The Bertz CT molecular complexity index is 1740. The minimum atomic E-state index is -1.08. The number of amides is 5. The summed E-state index contributed by atoms with van der Waals surface area (Å²) in [5, 5.41) is 4.91. The number of rotatable bonds is 54. The molecule has 77 heavy (non-hydrogen) atoms. The van der Waals surface area contributed by atoms with Crippen LogP contribution < -0.4 is 10.6 Å². The van der Waals surface area contributed by atoms with Gasteiger partial charge in [0, 0.05) is 25.9 Å². The van der Waals surface area contributed by atoms with Crippen molar-refractivity contribution in [3.05, 3.63) is 29.3 Å². The van der Waals surface area contributed by atoms with E-state index < -0.39 is 29.7 Å². The van der Waals surface area contributed by atoms with Gasteiger partial charge in [-0.3, -0.25) is 39.0 Å². The van der Waals surface area contributed by atoms with Crippen LogP contribution in [0.3, 0.4) is 0 Å². The lowest BCUT2D eigenvalue weighted by molar-refractivity contribution is -0.145. The van der Waals surface area contributed by atoms with E-state index in [9.17, 15) is 28.8 Å². The Morgan fingerprint density at radius 3 is 1.31 bits per heavy atom. The molecule has 2 aliphatic heterocycles. The molecule has 2 N–H and O–H groups in total. The molecule has 2 aliphatic rings. The van der Waals surface area contributed by atoms with Gasteiger partial charge in [0.05, 0.1) is 142 Å². The van der Waals surface area contributed by atoms with Gasteiger partial charge < -0.3 is 57.4 Å². The van der Waals surface area contributed by atoms with Gasteiger partial charge in [-0.1, -0.05) is 109 Å². The van der Waals surface area contributed by atoms with Gasteiger partial charge in [0.25, 0.3) is 11.8 Å². The fourth-order valence-electron chi connectivity index (χ4n) is 8.51. The molecule has 0 aromatic heterocycles. The second-order valence-corrected chi connectivity index (χ2v) is 19.1. The topological polar surface area (TPSA) is 231 Å². The molecule has 2 heterocycles. The SMILES string of the molecule is CCCCCCCCCCCCCCCCCC(=O)OCCOCCOCCOCCOCCOCCOCCOCCOCCOCCOCCCCCC(=O)Nc1cccc2c1C(=O)N(C1CCC(=O)NC1=O)C2=O. The summed E-state index contributed by atoms with van der Waals surface area (Å²) in [4.78, 5) is 75.7. The molecule has 1 saturated heterocycles. The normalized spacial score (nSPS) is 14.4. The van der Waals surface area contributed by atoms with Gasteiger partial charge in [-0.05, 0) is 37.8 Å². The van der Waals surface area contributed by atoms with Crippen molar-refractivity contribution in [1.82, 2.24) is 10.2 Å². The van der Waals surface area contributed by atoms with Crippen LogP contribution in [0.4, 0.5) is 5.69 Å². The standard InChI is InChI=1S/C57H95N3O17/c1-2-3-4-5-6-7-8-9-10-11-12-13-14-15-18-24-53(63)77-47-46-76-45-44-75-43-42-74-41-40-73-39-38-72-37-36-71-35-34-70-33-32-69-31-30-68-29-28-67-27-19-16-17-23-51(61)58-49-22-20-21-48-54(49)57(66)60(56(48)65)50-25-26-52(62)59-55(50)64/h20-22,50H,2-19,23-47H2,1H3,(H,58,61)(H,59,62,64). The van der Waals surface area contributed by atoms with Crippen molar-refractivity contribution in [1.29, 1.82) is 0 Å². The molecular formula is C57H95N3O17. The number of unbranched alkanes of at least 4 members (excludes halogenated alkanes) is 16. The van der Waals surface area contributed by atoms with Crippen molar-refractivity contribution in [3.63, 3.8) is 0 Å². The molecule has 0 bridgehead atoms. The lowest BCUT2D eigenvalue weighted by Gasteiger charge is -2.27. The summed E-state index contributed by atoms with van der Waals surface area (Å²) in [6.45, 7) is 11.7. The highest BCUT2D eigenvalue weighted by Crippen LogP contribution is 2.32. The zero-order valence-electron chi connectivity index (χ0n) is 46.6. The van der Waals surface area contributed by atoms with E-state index >= 15 is 0 Å². The molecule has 1 fully saturated rings. The smallest absolute Gasteiger partial charge is 0.305 e. The lowest BCUT2D eigenvalue weighted by atomic mass is 10.0. The first kappa shape index (κ1) is 67.3. The fourth-order valence-corrected chi connectivity index (χ4v) is 8.51. The van der Waals surface area contributed by atoms with Gasteiger partial charge in [-0.25, -0.2) is 0 Å². The summed E-state index contributed by atoms with van der Waals surface area (Å²) >= 11 is 0. The third kappa shape index (κ3) is 33.3. The van der Waals surface area contributed by atoms with E-state index in [1.54, 1.807) is 12.1 Å². The lowest BCUT2D eigenvalue weighted by Crippen LogP contribution is -2.54. The Kier molecular flexibility index (Phi) is 41.0. The van der Waals surface area contributed by atoms with Crippen LogP contribution in [0.2, 0.25) is 0 Å². The minimum Gasteiger partial charge on any atom is -0.463 e. The maximum absolute atomic E-state index is 13.2. The van der Waals surface area contributed by atoms with E-state index in [1.807, 2.05) is 0 Å². The molecule has 1 unspecified atom stereocenters. The van der Waals surface area contributed by atoms with Gasteiger partial charge in [0.15, 0.2) is 0 Å². The monoisotopic (exact) mass is 1090 g/mol. The molecule has 0 spiro atoms. The minimum absolute atomic E-state index is 0.0254. The third-order valence-corrected chi connectivity index (χ3v) is 12.8. The molecule has 20 heteroatoms. The quantitative estimate of drug-likeness (QED) is 0.0364. The number of benzene rings is 1. The Morgan fingerprint density at radius 1 is 0.481 bits per heavy atom. The van der Waals surface area contributed by atoms with E-state index in [0.717, 1.165) is 30.6 Å². The van der Waals surface area contributed by atoms with Crippen molar-refractivity contribution < 1.29 is 80.9 Å². The number of hydrogen-bond acceptors (Lipinski definition) is 17. The van der Waals surface area contributed by atoms with Crippen molar-refractivity contribution in [2.75, 3.05) is 144 Å². The average molecular weight is 1090 g/mol. The van der Waals surface area contributed by atoms with Gasteiger partial charge >= 0.3 is 5.97 Å². The highest BCUT2D eigenvalue weighted by molar-refractivity contribution is 6.26. The number of carbonyl (C=O) groups excluding carboxylic acids is 6. The van der Waals surface area contributed by atoms with Gasteiger partial charge in [-0.15, -0.1) is 0 Å². The molecule has 3 rings (SSSR count). The molecule has 0 aliphatic carbocycles. The summed E-state index contributed by atoms with van der Waals surface area (Å²) in [5.41, 5.74) is 0.375. The Hall–Kier alpha value is -3.96. The van der Waals surface area contributed by atoms with Crippen molar-refractivity contribution in [3.8, 4) is 0 Å². The number of piperidine rings is 1. The third-order valence-electron chi connectivity index (χ3n) is 12.8. The van der Waals surface area contributed by atoms with E-state index in [2.05, 4.69) is 17.6 Å². The zero-order valence-corrected chi connectivity index (χ0v) is 46.6. The van der Waals surface area contributed by atoms with Crippen molar-refractivity contribution in [2.24, 2.45) is 0 Å². The first-order valence-electron chi connectivity index (χ1n) is 28.9. The fraction of sp³-hybridized carbons (Fsp3) is 0.789. The largest absolute Gasteiger partial charge is 0.463 e. The van der Waals surface area contributed by atoms with E-state index in [-0.39, 0.29) is 54.6 Å². The summed E-state index contributed by atoms with van der Waals surface area (Å²) in [6, 6.07) is 3.53. The number of nitrogens with one attached hydrogen (secondary N) is 2. The highest BCUT2D eigenvalue weighted by atomic mass is 16.6. The molecule has 1 aromatic carbocycles.